The number of fused-ring (bicyclic) bond motifs is 1. The molecule has 0 unspecified atom stereocenters. The van der Waals surface area contributed by atoms with Crippen molar-refractivity contribution in [3.05, 3.63) is 59.3 Å². The summed E-state index contributed by atoms with van der Waals surface area (Å²) in [6.45, 7) is 6.76. The van der Waals surface area contributed by atoms with Crippen molar-refractivity contribution in [1.82, 2.24) is 10.2 Å². The van der Waals surface area contributed by atoms with Gasteiger partial charge < -0.3 is 14.8 Å². The number of carbonyl (C=O) groups is 1. The van der Waals surface area contributed by atoms with E-state index in [1.165, 1.54) is 5.56 Å². The van der Waals surface area contributed by atoms with E-state index in [2.05, 4.69) is 60.6 Å². The number of hydrogen-bond donors (Lipinski definition) is 2. The Morgan fingerprint density at radius 3 is 2.50 bits per heavy atom. The lowest BCUT2D eigenvalue weighted by Gasteiger charge is -2.19. The van der Waals surface area contributed by atoms with Crippen molar-refractivity contribution in [1.29, 1.82) is 0 Å². The Balaban J connectivity index is 1.47. The number of amides is 1. The molecule has 0 spiro atoms. The van der Waals surface area contributed by atoms with E-state index < -0.39 is 0 Å². The summed E-state index contributed by atoms with van der Waals surface area (Å²) in [7, 11) is 0. The van der Waals surface area contributed by atoms with Crippen LogP contribution in [0.15, 0.2) is 42.5 Å². The minimum atomic E-state index is -0.191. The van der Waals surface area contributed by atoms with E-state index in [4.69, 9.17) is 9.47 Å². The number of ether oxygens (including phenoxy) is 2. The molecule has 154 valence electrons. The third kappa shape index (κ3) is 3.43. The Morgan fingerprint density at radius 1 is 1.07 bits per heavy atom. The standard InChI is InChI=1S/C24H25N3O3/c1-24(2,3)17-9-6-15(7-10-17)21-22(20(26-27-21)14-4-5-14)25-23(28)16-8-11-18-19(12-16)30-13-29-18/h6-12,14H,4-5,13H2,1-3H3,(H,25,28)(H,26,27). The van der Waals surface area contributed by atoms with Crippen molar-refractivity contribution in [2.45, 2.75) is 44.9 Å². The lowest BCUT2D eigenvalue weighted by atomic mass is 9.86. The van der Waals surface area contributed by atoms with Gasteiger partial charge in [-0.3, -0.25) is 9.89 Å². The second kappa shape index (κ2) is 6.90. The monoisotopic (exact) mass is 403 g/mol. The molecule has 2 aromatic carbocycles. The maximum atomic E-state index is 13.0. The first-order chi connectivity index (χ1) is 14.4. The van der Waals surface area contributed by atoms with Crippen molar-refractivity contribution in [3.63, 3.8) is 0 Å². The molecule has 1 fully saturated rings. The molecule has 0 saturated heterocycles. The van der Waals surface area contributed by atoms with E-state index in [1.807, 2.05) is 0 Å². The Labute approximate surface area is 175 Å². The summed E-state index contributed by atoms with van der Waals surface area (Å²) in [6, 6.07) is 13.6. The number of anilines is 1. The van der Waals surface area contributed by atoms with Gasteiger partial charge in [-0.25, -0.2) is 0 Å². The van der Waals surface area contributed by atoms with Crippen LogP contribution in [0.2, 0.25) is 0 Å². The van der Waals surface area contributed by atoms with Gasteiger partial charge in [-0.2, -0.15) is 5.10 Å². The molecule has 3 aromatic rings. The number of rotatable bonds is 4. The molecular weight excluding hydrogens is 378 g/mol. The highest BCUT2D eigenvalue weighted by Crippen LogP contribution is 2.45. The van der Waals surface area contributed by atoms with E-state index in [0.717, 1.165) is 35.5 Å². The van der Waals surface area contributed by atoms with Crippen LogP contribution < -0.4 is 14.8 Å². The first kappa shape index (κ1) is 18.7. The predicted octanol–water partition coefficient (Wildman–Crippen LogP) is 5.23. The normalized spacial score (nSPS) is 15.3. The third-order valence-electron chi connectivity index (χ3n) is 5.68. The molecule has 2 N–H and O–H groups in total. The van der Waals surface area contributed by atoms with Gasteiger partial charge in [0.05, 0.1) is 11.4 Å². The fourth-order valence-corrected chi connectivity index (χ4v) is 3.71. The average molecular weight is 403 g/mol. The Morgan fingerprint density at radius 2 is 1.80 bits per heavy atom. The van der Waals surface area contributed by atoms with Crippen LogP contribution in [0.25, 0.3) is 11.3 Å². The van der Waals surface area contributed by atoms with Gasteiger partial charge in [0.2, 0.25) is 6.79 Å². The predicted molar refractivity (Wildman–Crippen MR) is 115 cm³/mol. The van der Waals surface area contributed by atoms with Gasteiger partial charge in [-0.1, -0.05) is 45.0 Å². The number of hydrogen-bond acceptors (Lipinski definition) is 4. The van der Waals surface area contributed by atoms with Gasteiger partial charge in [-0.15, -0.1) is 0 Å². The molecule has 0 atom stereocenters. The summed E-state index contributed by atoms with van der Waals surface area (Å²) in [6.07, 6.45) is 2.22. The van der Waals surface area contributed by atoms with E-state index in [9.17, 15) is 4.79 Å². The zero-order valence-corrected chi connectivity index (χ0v) is 17.4. The van der Waals surface area contributed by atoms with Crippen LogP contribution in [0.4, 0.5) is 5.69 Å². The first-order valence-corrected chi connectivity index (χ1v) is 10.3. The van der Waals surface area contributed by atoms with Crippen LogP contribution in [0.1, 0.15) is 61.1 Å². The molecule has 1 amide bonds. The number of carbonyl (C=O) groups excluding carboxylic acids is 1. The molecule has 0 bridgehead atoms. The second-order valence-electron chi connectivity index (χ2n) is 8.98. The summed E-state index contributed by atoms with van der Waals surface area (Å²) in [5, 5.41) is 10.8. The molecule has 6 nitrogen and oxygen atoms in total. The quantitative estimate of drug-likeness (QED) is 0.625. The van der Waals surface area contributed by atoms with E-state index in [0.29, 0.717) is 23.0 Å². The molecule has 1 aliphatic carbocycles. The van der Waals surface area contributed by atoms with Crippen molar-refractivity contribution in [3.8, 4) is 22.8 Å². The molecular formula is C24H25N3O3. The van der Waals surface area contributed by atoms with Gasteiger partial charge in [0.25, 0.3) is 5.91 Å². The maximum Gasteiger partial charge on any atom is 0.255 e. The van der Waals surface area contributed by atoms with Gasteiger partial charge in [-0.05, 0) is 42.0 Å². The summed E-state index contributed by atoms with van der Waals surface area (Å²) < 4.78 is 10.7. The maximum absolute atomic E-state index is 13.0. The SMILES string of the molecule is CC(C)(C)c1ccc(-c2n[nH]c(C3CC3)c2NC(=O)c2ccc3c(c2)OCO3)cc1. The van der Waals surface area contributed by atoms with Crippen LogP contribution in [-0.4, -0.2) is 22.9 Å². The summed E-state index contributed by atoms with van der Waals surface area (Å²) >= 11 is 0. The van der Waals surface area contributed by atoms with E-state index >= 15 is 0 Å². The van der Waals surface area contributed by atoms with Gasteiger partial charge in [0.15, 0.2) is 11.5 Å². The van der Waals surface area contributed by atoms with Crippen LogP contribution in [0.3, 0.4) is 0 Å². The van der Waals surface area contributed by atoms with Crippen LogP contribution in [0, 0.1) is 0 Å². The van der Waals surface area contributed by atoms with Crippen LogP contribution in [0.5, 0.6) is 11.5 Å². The molecule has 5 rings (SSSR count). The largest absolute Gasteiger partial charge is 0.454 e. The molecule has 6 heteroatoms. The summed E-state index contributed by atoms with van der Waals surface area (Å²) in [4.78, 5) is 13.0. The van der Waals surface area contributed by atoms with Crippen molar-refractivity contribution in [2.75, 3.05) is 12.1 Å². The molecule has 2 heterocycles. The lowest BCUT2D eigenvalue weighted by Crippen LogP contribution is -2.13. The lowest BCUT2D eigenvalue weighted by molar-refractivity contribution is 0.102. The fraction of sp³-hybridized carbons (Fsp3) is 0.333. The molecule has 30 heavy (non-hydrogen) atoms. The van der Waals surface area contributed by atoms with E-state index in [1.54, 1.807) is 18.2 Å². The number of benzene rings is 2. The molecule has 1 saturated carbocycles. The van der Waals surface area contributed by atoms with Crippen LogP contribution in [-0.2, 0) is 5.41 Å². The zero-order chi connectivity index (χ0) is 20.9. The molecule has 1 aromatic heterocycles. The van der Waals surface area contributed by atoms with Crippen molar-refractivity contribution >= 4 is 11.6 Å². The van der Waals surface area contributed by atoms with Crippen LogP contribution >= 0.6 is 0 Å². The summed E-state index contributed by atoms with van der Waals surface area (Å²) in [5.74, 6) is 1.49. The fourth-order valence-electron chi connectivity index (χ4n) is 3.71. The first-order valence-electron chi connectivity index (χ1n) is 10.3. The topological polar surface area (TPSA) is 76.2 Å². The number of aromatic amines is 1. The van der Waals surface area contributed by atoms with Gasteiger partial charge >= 0.3 is 0 Å². The summed E-state index contributed by atoms with van der Waals surface area (Å²) in [5.41, 5.74) is 5.38. The second-order valence-corrected chi connectivity index (χ2v) is 8.98. The average Bonchev–Trinajstić information content (AvgIpc) is 3.31. The number of nitrogens with one attached hydrogen (secondary N) is 2. The Hall–Kier alpha value is -3.28. The minimum Gasteiger partial charge on any atom is -0.454 e. The molecule has 0 radical (unpaired) electrons. The highest BCUT2D eigenvalue weighted by atomic mass is 16.7. The van der Waals surface area contributed by atoms with E-state index in [-0.39, 0.29) is 18.1 Å². The highest BCUT2D eigenvalue weighted by molar-refractivity contribution is 6.07. The molecule has 2 aliphatic rings. The highest BCUT2D eigenvalue weighted by Gasteiger charge is 2.31. The van der Waals surface area contributed by atoms with Crippen molar-refractivity contribution < 1.29 is 14.3 Å². The zero-order valence-electron chi connectivity index (χ0n) is 17.4. The Kier molecular flexibility index (Phi) is 4.31. The minimum absolute atomic E-state index is 0.0830. The van der Waals surface area contributed by atoms with Gasteiger partial charge in [0.1, 0.15) is 5.69 Å². The number of nitrogens with zero attached hydrogens (tertiary/aromatic N) is 1. The smallest absolute Gasteiger partial charge is 0.255 e. The number of H-pyrrole nitrogens is 1. The Bertz CT molecular complexity index is 1110. The molecule has 1 aliphatic heterocycles. The third-order valence-corrected chi connectivity index (χ3v) is 5.68. The number of aromatic nitrogens is 2. The van der Waals surface area contributed by atoms with Crippen molar-refractivity contribution in [2.24, 2.45) is 0 Å². The van der Waals surface area contributed by atoms with Gasteiger partial charge in [0, 0.05) is 17.0 Å².